The van der Waals surface area contributed by atoms with E-state index in [-0.39, 0.29) is 49.4 Å². The van der Waals surface area contributed by atoms with Crippen molar-refractivity contribution in [1.29, 1.82) is 0 Å². The van der Waals surface area contributed by atoms with Crippen molar-refractivity contribution in [2.24, 2.45) is 5.92 Å². The molecule has 0 radical (unpaired) electrons. The van der Waals surface area contributed by atoms with Gasteiger partial charge in [-0.1, -0.05) is 6.07 Å². The summed E-state index contributed by atoms with van der Waals surface area (Å²) in [5.41, 5.74) is 3.19. The number of hydrogen-bond acceptors (Lipinski definition) is 11. The molecule has 2 rings (SSSR count). The highest BCUT2D eigenvalue weighted by Crippen LogP contribution is 2.29. The van der Waals surface area contributed by atoms with Crippen LogP contribution in [0.2, 0.25) is 0 Å². The van der Waals surface area contributed by atoms with E-state index < -0.39 is 36.2 Å². The molecule has 0 saturated heterocycles. The first-order valence-electron chi connectivity index (χ1n) is 10.4. The molecule has 0 aliphatic carbocycles. The number of hydroxylamine groups is 1. The van der Waals surface area contributed by atoms with E-state index in [1.807, 2.05) is 0 Å². The summed E-state index contributed by atoms with van der Waals surface area (Å²) in [6.45, 7) is 0.00954. The van der Waals surface area contributed by atoms with Crippen molar-refractivity contribution in [2.75, 3.05) is 13.7 Å². The van der Waals surface area contributed by atoms with Crippen molar-refractivity contribution in [3.8, 4) is 11.5 Å². The Hall–Kier alpha value is -3.64. The second kappa shape index (κ2) is 13.2. The molecule has 0 fully saturated rings. The first-order valence-corrected chi connectivity index (χ1v) is 10.4. The summed E-state index contributed by atoms with van der Waals surface area (Å²) in [5, 5.41) is 27.6. The zero-order valence-corrected chi connectivity index (χ0v) is 18.5. The maximum Gasteiger partial charge on any atom is 0.337 e. The van der Waals surface area contributed by atoms with Crippen molar-refractivity contribution in [2.45, 2.75) is 44.4 Å². The van der Waals surface area contributed by atoms with Crippen molar-refractivity contribution in [3.63, 3.8) is 0 Å². The summed E-state index contributed by atoms with van der Waals surface area (Å²) in [7, 11) is 1.19. The van der Waals surface area contributed by atoms with Crippen LogP contribution in [0.25, 0.3) is 0 Å². The zero-order valence-electron chi connectivity index (χ0n) is 18.5. The Bertz CT molecular complexity index is 914. The number of carboxylic acid groups (broad SMARTS) is 1. The van der Waals surface area contributed by atoms with E-state index in [2.05, 4.69) is 5.48 Å². The number of phenolic OH excluding ortho intramolecular Hbond substituents is 2. The minimum Gasteiger partial charge on any atom is -0.504 e. The van der Waals surface area contributed by atoms with Gasteiger partial charge in [-0.2, -0.15) is 5.48 Å². The number of carboxylic acids is 1. The summed E-state index contributed by atoms with van der Waals surface area (Å²) >= 11 is 0. The predicted molar refractivity (Wildman–Crippen MR) is 113 cm³/mol. The quantitative estimate of drug-likeness (QED) is 0.136. The largest absolute Gasteiger partial charge is 0.504 e. The number of aromatic hydroxyl groups is 2. The van der Waals surface area contributed by atoms with Crippen LogP contribution < -0.4 is 5.48 Å². The number of ether oxygens (including phenoxy) is 3. The Morgan fingerprint density at radius 3 is 2.68 bits per heavy atom. The minimum absolute atomic E-state index is 0.00334. The molecule has 1 aliphatic rings. The van der Waals surface area contributed by atoms with Crippen LogP contribution in [0.15, 0.2) is 30.0 Å². The summed E-state index contributed by atoms with van der Waals surface area (Å²) in [6, 6.07) is 3.38. The van der Waals surface area contributed by atoms with Crippen LogP contribution >= 0.6 is 0 Å². The third kappa shape index (κ3) is 8.37. The van der Waals surface area contributed by atoms with E-state index >= 15 is 0 Å². The van der Waals surface area contributed by atoms with Crippen molar-refractivity contribution < 1.29 is 53.5 Å². The van der Waals surface area contributed by atoms with Crippen LogP contribution in [0.1, 0.15) is 31.2 Å². The number of carbonyl (C=O) groups is 4. The molecule has 186 valence electrons. The molecule has 0 amide bonds. The van der Waals surface area contributed by atoms with Crippen LogP contribution in [0.4, 0.5) is 0 Å². The Morgan fingerprint density at radius 1 is 1.26 bits per heavy atom. The number of methoxy groups -OCH3 is 1. The summed E-state index contributed by atoms with van der Waals surface area (Å²) in [5.74, 6) is -3.53. The number of rotatable bonds is 13. The molecule has 12 nitrogen and oxygen atoms in total. The molecule has 34 heavy (non-hydrogen) atoms. The Kier molecular flexibility index (Phi) is 10.3. The molecule has 1 aliphatic heterocycles. The van der Waals surface area contributed by atoms with Gasteiger partial charge in [-0.05, 0) is 24.1 Å². The Morgan fingerprint density at radius 2 is 2.03 bits per heavy atom. The van der Waals surface area contributed by atoms with Gasteiger partial charge >= 0.3 is 17.9 Å². The summed E-state index contributed by atoms with van der Waals surface area (Å²) in [4.78, 5) is 51.5. The first-order chi connectivity index (χ1) is 16.2. The molecule has 0 aromatic heterocycles. The number of phenols is 2. The standard InChI is InChI=1S/C22H27NO11/c1-31-22(30)16-12-33-21(34-23-15(11-24)3-5-19(27)28)10-14(16)9-20(29)32-7-6-13-2-4-17(25)18(26)8-13/h2,4,8,11-12,14-15,21,23,25-26H,3,5-7,9-10H2,1H3,(H,27,28)/t14?,15-,21?/m0/s1. The lowest BCUT2D eigenvalue weighted by molar-refractivity contribution is -0.178. The Labute approximate surface area is 195 Å². The molecule has 1 heterocycles. The van der Waals surface area contributed by atoms with Gasteiger partial charge in [-0.15, -0.1) is 0 Å². The average molecular weight is 481 g/mol. The number of nitrogens with one attached hydrogen (secondary N) is 1. The second-order valence-electron chi connectivity index (χ2n) is 7.47. The molecule has 1 aromatic rings. The third-order valence-electron chi connectivity index (χ3n) is 4.98. The van der Waals surface area contributed by atoms with Gasteiger partial charge in [0, 0.05) is 25.2 Å². The molecule has 0 spiro atoms. The van der Waals surface area contributed by atoms with E-state index in [0.717, 1.165) is 6.26 Å². The highest BCUT2D eigenvalue weighted by molar-refractivity contribution is 5.89. The lowest BCUT2D eigenvalue weighted by Gasteiger charge is -2.29. The maximum absolute atomic E-state index is 12.4. The molecule has 0 saturated carbocycles. The van der Waals surface area contributed by atoms with Crippen molar-refractivity contribution in [3.05, 3.63) is 35.6 Å². The number of carbonyl (C=O) groups excluding carboxylic acids is 3. The lowest BCUT2D eigenvalue weighted by atomic mass is 9.91. The van der Waals surface area contributed by atoms with E-state index in [1.165, 1.54) is 19.2 Å². The first kappa shape index (κ1) is 26.6. The SMILES string of the molecule is COC(=O)C1=COC(ON[C@H](C=O)CCC(=O)O)CC1CC(=O)OCCc1ccc(O)c(O)c1. The monoisotopic (exact) mass is 481 g/mol. The fraction of sp³-hybridized carbons (Fsp3) is 0.455. The number of benzene rings is 1. The maximum atomic E-state index is 12.4. The van der Waals surface area contributed by atoms with Gasteiger partial charge < -0.3 is 34.3 Å². The topological polar surface area (TPSA) is 178 Å². The lowest BCUT2D eigenvalue weighted by Crippen LogP contribution is -2.38. The van der Waals surface area contributed by atoms with Crippen LogP contribution in [0.3, 0.4) is 0 Å². The van der Waals surface area contributed by atoms with Crippen LogP contribution in [-0.2, 0) is 44.6 Å². The van der Waals surface area contributed by atoms with Crippen molar-refractivity contribution >= 4 is 24.2 Å². The average Bonchev–Trinajstić information content (AvgIpc) is 2.81. The fourth-order valence-corrected chi connectivity index (χ4v) is 3.13. The number of aldehydes is 1. The molecular weight excluding hydrogens is 454 g/mol. The van der Waals surface area contributed by atoms with Crippen LogP contribution in [0, 0.1) is 5.92 Å². The molecule has 4 N–H and O–H groups in total. The molecule has 0 bridgehead atoms. The second-order valence-corrected chi connectivity index (χ2v) is 7.47. The molecule has 2 unspecified atom stereocenters. The van der Waals surface area contributed by atoms with Gasteiger partial charge in [0.05, 0.1) is 38.0 Å². The van der Waals surface area contributed by atoms with Crippen LogP contribution in [0.5, 0.6) is 11.5 Å². The third-order valence-corrected chi connectivity index (χ3v) is 4.98. The van der Waals surface area contributed by atoms with Gasteiger partial charge in [0.15, 0.2) is 11.5 Å². The molecule has 3 atom stereocenters. The van der Waals surface area contributed by atoms with E-state index in [1.54, 1.807) is 6.07 Å². The molecular formula is C22H27NO11. The summed E-state index contributed by atoms with van der Waals surface area (Å²) < 4.78 is 15.3. The fourth-order valence-electron chi connectivity index (χ4n) is 3.13. The molecule has 12 heteroatoms. The van der Waals surface area contributed by atoms with E-state index in [0.29, 0.717) is 18.3 Å². The van der Waals surface area contributed by atoms with Gasteiger partial charge in [0.2, 0.25) is 6.29 Å². The van der Waals surface area contributed by atoms with Crippen molar-refractivity contribution in [1.82, 2.24) is 5.48 Å². The van der Waals surface area contributed by atoms with Gasteiger partial charge in [-0.3, -0.25) is 14.4 Å². The van der Waals surface area contributed by atoms with Gasteiger partial charge in [0.25, 0.3) is 0 Å². The normalized spacial score (nSPS) is 18.2. The molecule has 1 aromatic carbocycles. The van der Waals surface area contributed by atoms with E-state index in [9.17, 15) is 29.4 Å². The minimum atomic E-state index is -1.06. The smallest absolute Gasteiger partial charge is 0.337 e. The summed E-state index contributed by atoms with van der Waals surface area (Å²) in [6.07, 6.45) is 0.598. The van der Waals surface area contributed by atoms with Gasteiger partial charge in [-0.25, -0.2) is 4.79 Å². The number of esters is 2. The number of aliphatic carboxylic acids is 1. The van der Waals surface area contributed by atoms with Crippen LogP contribution in [-0.4, -0.2) is 65.6 Å². The number of hydrogen-bond donors (Lipinski definition) is 4. The highest BCUT2D eigenvalue weighted by Gasteiger charge is 2.33. The highest BCUT2D eigenvalue weighted by atomic mass is 16.8. The zero-order chi connectivity index (χ0) is 25.1. The van der Waals surface area contributed by atoms with Gasteiger partial charge in [0.1, 0.15) is 6.29 Å². The predicted octanol–water partition coefficient (Wildman–Crippen LogP) is 0.947. The van der Waals surface area contributed by atoms with E-state index in [4.69, 9.17) is 24.2 Å². The Balaban J connectivity index is 1.90.